The Morgan fingerprint density at radius 1 is 1.26 bits per heavy atom. The number of fused-ring (bicyclic) bond motifs is 1. The molecule has 31 heavy (non-hydrogen) atoms. The molecule has 2 aromatic carbocycles. The molecule has 0 aliphatic carbocycles. The van der Waals surface area contributed by atoms with Crippen LogP contribution in [0.5, 0.6) is 5.75 Å². The number of rotatable bonds is 9. The number of benzene rings is 2. The van der Waals surface area contributed by atoms with Crippen LogP contribution in [-0.4, -0.2) is 47.5 Å². The molecule has 1 amide bonds. The first-order valence-electron chi connectivity index (χ1n) is 9.79. The third kappa shape index (κ3) is 4.77. The molecule has 0 aliphatic heterocycles. The van der Waals surface area contributed by atoms with Gasteiger partial charge in [0, 0.05) is 47.8 Å². The molecule has 0 aliphatic rings. The summed E-state index contributed by atoms with van der Waals surface area (Å²) in [6.07, 6.45) is 0.581. The van der Waals surface area contributed by atoms with E-state index in [-0.39, 0.29) is 4.92 Å². The van der Waals surface area contributed by atoms with Crippen LogP contribution in [0.3, 0.4) is 0 Å². The number of hydrogen-bond donors (Lipinski definition) is 3. The van der Waals surface area contributed by atoms with Crippen LogP contribution in [0.1, 0.15) is 29.5 Å². The SMILES string of the molecule is COCCOc1ccc2c(C(c3cccc(NC(=O)O)c3C)C(C)[N+](=O)[O-])c[nH]c2c1. The lowest BCUT2D eigenvalue weighted by Crippen LogP contribution is -2.26. The van der Waals surface area contributed by atoms with Gasteiger partial charge in [-0.3, -0.25) is 15.4 Å². The Morgan fingerprint density at radius 3 is 2.71 bits per heavy atom. The van der Waals surface area contributed by atoms with Crippen molar-refractivity contribution in [1.82, 2.24) is 4.98 Å². The Bertz CT molecular complexity index is 1090. The van der Waals surface area contributed by atoms with Crippen molar-refractivity contribution in [3.05, 3.63) is 69.4 Å². The predicted molar refractivity (Wildman–Crippen MR) is 117 cm³/mol. The molecule has 0 radical (unpaired) electrons. The van der Waals surface area contributed by atoms with Crippen molar-refractivity contribution < 1.29 is 24.3 Å². The van der Waals surface area contributed by atoms with Gasteiger partial charge in [-0.2, -0.15) is 0 Å². The monoisotopic (exact) mass is 427 g/mol. The fourth-order valence-electron chi connectivity index (χ4n) is 3.77. The van der Waals surface area contributed by atoms with Crippen molar-refractivity contribution in [2.45, 2.75) is 25.8 Å². The number of H-pyrrole nitrogens is 1. The number of ether oxygens (including phenoxy) is 2. The fraction of sp³-hybridized carbons (Fsp3) is 0.318. The molecule has 1 heterocycles. The molecule has 3 N–H and O–H groups in total. The highest BCUT2D eigenvalue weighted by molar-refractivity contribution is 5.87. The van der Waals surface area contributed by atoms with Gasteiger partial charge >= 0.3 is 6.09 Å². The zero-order valence-electron chi connectivity index (χ0n) is 17.5. The van der Waals surface area contributed by atoms with E-state index >= 15 is 0 Å². The minimum absolute atomic E-state index is 0.317. The molecule has 0 saturated carbocycles. The van der Waals surface area contributed by atoms with Crippen molar-refractivity contribution in [2.24, 2.45) is 0 Å². The number of aromatic amines is 1. The van der Waals surface area contributed by atoms with E-state index in [1.807, 2.05) is 18.2 Å². The van der Waals surface area contributed by atoms with Crippen LogP contribution >= 0.6 is 0 Å². The first-order chi connectivity index (χ1) is 14.8. The lowest BCUT2D eigenvalue weighted by atomic mass is 9.83. The Hall–Kier alpha value is -3.59. The van der Waals surface area contributed by atoms with E-state index in [4.69, 9.17) is 14.6 Å². The highest BCUT2D eigenvalue weighted by Gasteiger charge is 2.33. The Kier molecular flexibility index (Phi) is 6.76. The summed E-state index contributed by atoms with van der Waals surface area (Å²) in [6, 6.07) is 9.74. The fourth-order valence-corrected chi connectivity index (χ4v) is 3.77. The molecular formula is C22H25N3O6. The van der Waals surface area contributed by atoms with Crippen molar-refractivity contribution in [3.63, 3.8) is 0 Å². The summed E-state index contributed by atoms with van der Waals surface area (Å²) in [4.78, 5) is 25.8. The van der Waals surface area contributed by atoms with Gasteiger partial charge in [-0.05, 0) is 41.8 Å². The van der Waals surface area contributed by atoms with E-state index in [0.29, 0.717) is 35.8 Å². The van der Waals surface area contributed by atoms with Crippen LogP contribution in [0.2, 0.25) is 0 Å². The number of nitrogens with zero attached hydrogens (tertiary/aromatic N) is 1. The maximum absolute atomic E-state index is 11.8. The van der Waals surface area contributed by atoms with Gasteiger partial charge in [-0.15, -0.1) is 0 Å². The zero-order chi connectivity index (χ0) is 22.5. The molecule has 0 saturated heterocycles. The largest absolute Gasteiger partial charge is 0.491 e. The van der Waals surface area contributed by atoms with Crippen LogP contribution in [0.25, 0.3) is 10.9 Å². The average Bonchev–Trinajstić information content (AvgIpc) is 3.13. The molecule has 1 aromatic heterocycles. The van der Waals surface area contributed by atoms with Crippen molar-refractivity contribution in [3.8, 4) is 5.75 Å². The van der Waals surface area contributed by atoms with E-state index in [1.165, 1.54) is 0 Å². The number of carboxylic acid groups (broad SMARTS) is 1. The first-order valence-corrected chi connectivity index (χ1v) is 9.79. The smallest absolute Gasteiger partial charge is 0.409 e. The van der Waals surface area contributed by atoms with E-state index in [1.54, 1.807) is 45.4 Å². The van der Waals surface area contributed by atoms with Gasteiger partial charge in [-0.25, -0.2) is 4.79 Å². The predicted octanol–water partition coefficient (Wildman–Crippen LogP) is 4.39. The molecule has 3 aromatic rings. The summed E-state index contributed by atoms with van der Waals surface area (Å²) >= 11 is 0. The molecule has 2 unspecified atom stereocenters. The molecule has 9 heteroatoms. The maximum atomic E-state index is 11.8. The van der Waals surface area contributed by atoms with Crippen LogP contribution in [0.15, 0.2) is 42.6 Å². The molecule has 0 spiro atoms. The number of hydrogen-bond acceptors (Lipinski definition) is 5. The Balaban J connectivity index is 2.07. The number of carbonyl (C=O) groups is 1. The first kappa shape index (κ1) is 22.1. The van der Waals surface area contributed by atoms with Crippen molar-refractivity contribution in [1.29, 1.82) is 0 Å². The zero-order valence-corrected chi connectivity index (χ0v) is 17.5. The summed E-state index contributed by atoms with van der Waals surface area (Å²) in [6.45, 7) is 4.20. The topological polar surface area (TPSA) is 127 Å². The van der Waals surface area contributed by atoms with Crippen molar-refractivity contribution in [2.75, 3.05) is 25.6 Å². The Labute approximate surface area is 179 Å². The molecule has 9 nitrogen and oxygen atoms in total. The lowest BCUT2D eigenvalue weighted by Gasteiger charge is -2.22. The lowest BCUT2D eigenvalue weighted by molar-refractivity contribution is -0.520. The molecule has 3 rings (SSSR count). The number of aromatic nitrogens is 1. The maximum Gasteiger partial charge on any atom is 0.409 e. The summed E-state index contributed by atoms with van der Waals surface area (Å²) in [7, 11) is 1.60. The number of anilines is 1. The summed E-state index contributed by atoms with van der Waals surface area (Å²) in [5.41, 5.74) is 3.30. The molecule has 164 valence electrons. The van der Waals surface area contributed by atoms with Gasteiger partial charge in [0.05, 0.1) is 12.5 Å². The second-order valence-corrected chi connectivity index (χ2v) is 7.25. The van der Waals surface area contributed by atoms with E-state index in [0.717, 1.165) is 16.5 Å². The quantitative estimate of drug-likeness (QED) is 0.264. The molecular weight excluding hydrogens is 402 g/mol. The third-order valence-electron chi connectivity index (χ3n) is 5.34. The van der Waals surface area contributed by atoms with Crippen LogP contribution in [-0.2, 0) is 4.74 Å². The third-order valence-corrected chi connectivity index (χ3v) is 5.34. The molecule has 0 bridgehead atoms. The highest BCUT2D eigenvalue weighted by atomic mass is 16.6. The number of nitro groups is 1. The van der Waals surface area contributed by atoms with Gasteiger partial charge in [-0.1, -0.05) is 12.1 Å². The number of nitrogens with one attached hydrogen (secondary N) is 2. The van der Waals surface area contributed by atoms with E-state index < -0.39 is 18.1 Å². The molecule has 0 fully saturated rings. The summed E-state index contributed by atoms with van der Waals surface area (Å²) in [5, 5.41) is 24.1. The molecule has 2 atom stereocenters. The van der Waals surface area contributed by atoms with Gasteiger partial charge in [0.15, 0.2) is 0 Å². The van der Waals surface area contributed by atoms with Crippen LogP contribution in [0.4, 0.5) is 10.5 Å². The normalized spacial score (nSPS) is 13.0. The minimum atomic E-state index is -1.19. The summed E-state index contributed by atoms with van der Waals surface area (Å²) < 4.78 is 10.6. The Morgan fingerprint density at radius 2 is 2.03 bits per heavy atom. The highest BCUT2D eigenvalue weighted by Crippen LogP contribution is 2.38. The number of methoxy groups -OCH3 is 1. The number of amides is 1. The van der Waals surface area contributed by atoms with Gasteiger partial charge in [0.1, 0.15) is 12.4 Å². The standard InChI is InChI=1S/C22H25N3O6/c1-13-16(5-4-6-19(13)24-22(26)27)21(14(2)25(28)29)18-12-23-20-11-15(7-8-17(18)20)31-10-9-30-3/h4-8,11-12,14,21,23-24H,9-10H2,1-3H3,(H,26,27). The average molecular weight is 427 g/mol. The van der Waals surface area contributed by atoms with Gasteiger partial charge in [0.25, 0.3) is 0 Å². The second kappa shape index (κ2) is 9.48. The van der Waals surface area contributed by atoms with Gasteiger partial charge in [0.2, 0.25) is 6.04 Å². The van der Waals surface area contributed by atoms with E-state index in [9.17, 15) is 14.9 Å². The van der Waals surface area contributed by atoms with Gasteiger partial charge < -0.3 is 19.6 Å². The summed E-state index contributed by atoms with van der Waals surface area (Å²) in [5.74, 6) is 0.0835. The van der Waals surface area contributed by atoms with Crippen molar-refractivity contribution >= 4 is 22.7 Å². The van der Waals surface area contributed by atoms with Crippen LogP contribution < -0.4 is 10.1 Å². The van der Waals surface area contributed by atoms with Crippen LogP contribution in [0, 0.1) is 17.0 Å². The minimum Gasteiger partial charge on any atom is -0.491 e. The van der Waals surface area contributed by atoms with E-state index in [2.05, 4.69) is 10.3 Å². The second-order valence-electron chi connectivity index (χ2n) is 7.25.